The summed E-state index contributed by atoms with van der Waals surface area (Å²) in [6, 6.07) is 4.20. The summed E-state index contributed by atoms with van der Waals surface area (Å²) in [6.45, 7) is 1.96. The Hall–Kier alpha value is -1.45. The Morgan fingerprint density at radius 1 is 1.57 bits per heavy atom. The second-order valence-corrected chi connectivity index (χ2v) is 3.86. The van der Waals surface area contributed by atoms with Crippen molar-refractivity contribution >= 4 is 5.91 Å². The highest BCUT2D eigenvalue weighted by Crippen LogP contribution is 2.34. The van der Waals surface area contributed by atoms with Gasteiger partial charge in [-0.15, -0.1) is 0 Å². The average molecular weight is 194 g/mol. The van der Waals surface area contributed by atoms with E-state index in [0.29, 0.717) is 0 Å². The summed E-state index contributed by atoms with van der Waals surface area (Å²) in [5.74, 6) is -0.928. The molecule has 1 aromatic rings. The number of halogens is 1. The number of carbonyl (C=O) groups excluding carboxylic acids is 1. The van der Waals surface area contributed by atoms with Gasteiger partial charge in [-0.2, -0.15) is 4.39 Å². The number of hydrogen-bond acceptors (Lipinski definition) is 2. The molecule has 2 rings (SSSR count). The van der Waals surface area contributed by atoms with Crippen molar-refractivity contribution in [2.45, 2.75) is 25.3 Å². The molecule has 0 bridgehead atoms. The molecule has 0 atom stereocenters. The molecule has 1 aliphatic rings. The van der Waals surface area contributed by atoms with Crippen LogP contribution in [-0.4, -0.2) is 16.4 Å². The molecule has 14 heavy (non-hydrogen) atoms. The molecule has 1 fully saturated rings. The topological polar surface area (TPSA) is 42.0 Å². The van der Waals surface area contributed by atoms with Gasteiger partial charge in [-0.3, -0.25) is 4.79 Å². The highest BCUT2D eigenvalue weighted by molar-refractivity contribution is 5.92. The summed E-state index contributed by atoms with van der Waals surface area (Å²) in [5, 5.41) is 2.81. The molecule has 1 heterocycles. The molecule has 0 saturated heterocycles. The first-order valence-electron chi connectivity index (χ1n) is 4.54. The van der Waals surface area contributed by atoms with Crippen LogP contribution in [0.1, 0.15) is 30.3 Å². The van der Waals surface area contributed by atoms with Crippen LogP contribution in [0.3, 0.4) is 0 Å². The lowest BCUT2D eigenvalue weighted by atomic mass is 10.3. The molecule has 0 spiro atoms. The summed E-state index contributed by atoms with van der Waals surface area (Å²) in [7, 11) is 0. The van der Waals surface area contributed by atoms with E-state index in [-0.39, 0.29) is 17.1 Å². The largest absolute Gasteiger partial charge is 0.346 e. The van der Waals surface area contributed by atoms with Crippen molar-refractivity contribution in [3.8, 4) is 0 Å². The zero-order valence-corrected chi connectivity index (χ0v) is 7.88. The maximum absolute atomic E-state index is 12.7. The molecule has 4 heteroatoms. The van der Waals surface area contributed by atoms with Gasteiger partial charge in [0.15, 0.2) is 0 Å². The number of aromatic nitrogens is 1. The molecular formula is C10H11FN2O. The lowest BCUT2D eigenvalue weighted by Crippen LogP contribution is -2.34. The maximum atomic E-state index is 12.7. The smallest absolute Gasteiger partial charge is 0.270 e. The Balaban J connectivity index is 2.11. The van der Waals surface area contributed by atoms with Crippen molar-refractivity contribution in [2.24, 2.45) is 0 Å². The second kappa shape index (κ2) is 3.04. The molecule has 1 saturated carbocycles. The number of rotatable bonds is 2. The predicted molar refractivity (Wildman–Crippen MR) is 49.3 cm³/mol. The Bertz CT molecular complexity index is 374. The van der Waals surface area contributed by atoms with Gasteiger partial charge in [-0.1, -0.05) is 6.07 Å². The molecule has 74 valence electrons. The van der Waals surface area contributed by atoms with E-state index in [9.17, 15) is 9.18 Å². The van der Waals surface area contributed by atoms with Gasteiger partial charge >= 0.3 is 0 Å². The van der Waals surface area contributed by atoms with Crippen molar-refractivity contribution in [1.82, 2.24) is 10.3 Å². The van der Waals surface area contributed by atoms with E-state index >= 15 is 0 Å². The van der Waals surface area contributed by atoms with Crippen LogP contribution in [0.5, 0.6) is 0 Å². The zero-order chi connectivity index (χ0) is 10.2. The van der Waals surface area contributed by atoms with E-state index in [1.807, 2.05) is 6.92 Å². The van der Waals surface area contributed by atoms with Crippen LogP contribution >= 0.6 is 0 Å². The summed E-state index contributed by atoms with van der Waals surface area (Å²) < 4.78 is 12.7. The molecule has 0 radical (unpaired) electrons. The van der Waals surface area contributed by atoms with Crippen LogP contribution in [-0.2, 0) is 0 Å². The minimum Gasteiger partial charge on any atom is -0.346 e. The molecular weight excluding hydrogens is 183 g/mol. The first kappa shape index (κ1) is 9.12. The van der Waals surface area contributed by atoms with Crippen LogP contribution in [0.2, 0.25) is 0 Å². The van der Waals surface area contributed by atoms with Gasteiger partial charge in [0, 0.05) is 5.54 Å². The Morgan fingerprint density at radius 2 is 2.29 bits per heavy atom. The molecule has 3 nitrogen and oxygen atoms in total. The minimum absolute atomic E-state index is 0.0922. The Kier molecular flexibility index (Phi) is 1.98. The van der Waals surface area contributed by atoms with Crippen molar-refractivity contribution in [1.29, 1.82) is 0 Å². The summed E-state index contributed by atoms with van der Waals surface area (Å²) >= 11 is 0. The highest BCUT2D eigenvalue weighted by Gasteiger charge is 2.39. The third-order valence-corrected chi connectivity index (χ3v) is 2.36. The number of nitrogens with zero attached hydrogens (tertiary/aromatic N) is 1. The molecule has 1 amide bonds. The fourth-order valence-corrected chi connectivity index (χ4v) is 1.19. The third-order valence-electron chi connectivity index (χ3n) is 2.36. The zero-order valence-electron chi connectivity index (χ0n) is 7.88. The van der Waals surface area contributed by atoms with E-state index in [4.69, 9.17) is 0 Å². The lowest BCUT2D eigenvalue weighted by molar-refractivity contribution is 0.0929. The Morgan fingerprint density at radius 3 is 2.86 bits per heavy atom. The van der Waals surface area contributed by atoms with E-state index in [1.54, 1.807) is 0 Å². The summed E-state index contributed by atoms with van der Waals surface area (Å²) in [5.41, 5.74) is 0.0450. The van der Waals surface area contributed by atoms with Gasteiger partial charge in [0.25, 0.3) is 5.91 Å². The minimum atomic E-state index is -0.626. The fourth-order valence-electron chi connectivity index (χ4n) is 1.19. The SMILES string of the molecule is CC1(NC(=O)c2cccc(F)n2)CC1. The van der Waals surface area contributed by atoms with Gasteiger partial charge in [-0.05, 0) is 31.9 Å². The van der Waals surface area contributed by atoms with Gasteiger partial charge in [-0.25, -0.2) is 4.98 Å². The number of nitrogens with one attached hydrogen (secondary N) is 1. The lowest BCUT2D eigenvalue weighted by Gasteiger charge is -2.10. The monoisotopic (exact) mass is 194 g/mol. The van der Waals surface area contributed by atoms with E-state index in [0.717, 1.165) is 12.8 Å². The predicted octanol–water partition coefficient (Wildman–Crippen LogP) is 1.50. The summed E-state index contributed by atoms with van der Waals surface area (Å²) in [4.78, 5) is 15.0. The number of hydrogen-bond donors (Lipinski definition) is 1. The maximum Gasteiger partial charge on any atom is 0.270 e. The van der Waals surface area contributed by atoms with E-state index in [1.165, 1.54) is 18.2 Å². The van der Waals surface area contributed by atoms with Crippen LogP contribution in [0, 0.1) is 5.95 Å². The first-order valence-corrected chi connectivity index (χ1v) is 4.54. The number of carbonyl (C=O) groups is 1. The van der Waals surface area contributed by atoms with Gasteiger partial charge in [0.2, 0.25) is 5.95 Å². The van der Waals surface area contributed by atoms with Crippen molar-refractivity contribution in [3.05, 3.63) is 29.8 Å². The van der Waals surface area contributed by atoms with Crippen LogP contribution in [0.15, 0.2) is 18.2 Å². The normalized spacial score (nSPS) is 17.6. The van der Waals surface area contributed by atoms with Crippen molar-refractivity contribution in [3.63, 3.8) is 0 Å². The Labute approximate surface area is 81.3 Å². The molecule has 0 aliphatic heterocycles. The fraction of sp³-hybridized carbons (Fsp3) is 0.400. The number of amides is 1. The molecule has 0 unspecified atom stereocenters. The average Bonchev–Trinajstić information content (AvgIpc) is 2.83. The molecule has 1 aliphatic carbocycles. The van der Waals surface area contributed by atoms with Crippen LogP contribution < -0.4 is 5.32 Å². The highest BCUT2D eigenvalue weighted by atomic mass is 19.1. The van der Waals surface area contributed by atoms with E-state index < -0.39 is 5.95 Å². The quantitative estimate of drug-likeness (QED) is 0.725. The second-order valence-electron chi connectivity index (χ2n) is 3.86. The van der Waals surface area contributed by atoms with E-state index in [2.05, 4.69) is 10.3 Å². The number of pyridine rings is 1. The van der Waals surface area contributed by atoms with Gasteiger partial charge in [0.1, 0.15) is 5.69 Å². The summed E-state index contributed by atoms with van der Waals surface area (Å²) in [6.07, 6.45) is 1.96. The van der Waals surface area contributed by atoms with Gasteiger partial charge in [0.05, 0.1) is 0 Å². The standard InChI is InChI=1S/C10H11FN2O/c1-10(5-6-10)13-9(14)7-3-2-4-8(11)12-7/h2-4H,5-6H2,1H3,(H,13,14). The van der Waals surface area contributed by atoms with Crippen LogP contribution in [0.25, 0.3) is 0 Å². The first-order chi connectivity index (χ1) is 6.59. The molecule has 1 aromatic heterocycles. The van der Waals surface area contributed by atoms with Crippen LogP contribution in [0.4, 0.5) is 4.39 Å². The molecule has 0 aromatic carbocycles. The third kappa shape index (κ3) is 1.89. The molecule has 1 N–H and O–H groups in total. The van der Waals surface area contributed by atoms with Crippen molar-refractivity contribution in [2.75, 3.05) is 0 Å². The van der Waals surface area contributed by atoms with Crippen molar-refractivity contribution < 1.29 is 9.18 Å². The van der Waals surface area contributed by atoms with Gasteiger partial charge < -0.3 is 5.32 Å².